The Morgan fingerprint density at radius 1 is 0.396 bits per heavy atom. The first-order valence-electron chi connectivity index (χ1n) is 16.1. The Morgan fingerprint density at radius 2 is 0.792 bits per heavy atom. The second-order valence-electron chi connectivity index (χ2n) is 12.0. The Labute approximate surface area is 301 Å². The van der Waals surface area contributed by atoms with E-state index in [0.29, 0.717) is 44.6 Å². The lowest BCUT2D eigenvalue weighted by Gasteiger charge is -2.10. The van der Waals surface area contributed by atoms with E-state index in [9.17, 15) is 28.3 Å². The summed E-state index contributed by atoms with van der Waals surface area (Å²) in [6.07, 6.45) is 0. The van der Waals surface area contributed by atoms with E-state index in [1.807, 2.05) is 78.9 Å². The molecule has 0 saturated carbocycles. The summed E-state index contributed by atoms with van der Waals surface area (Å²) in [7, 11) is -4.83. The summed E-state index contributed by atoms with van der Waals surface area (Å²) in [5.41, 5.74) is 2.63. The molecule has 0 fully saturated rings. The largest absolute Gasteiger partial charge is 0.507 e. The van der Waals surface area contributed by atoms with Gasteiger partial charge >= 0.3 is 0 Å². The van der Waals surface area contributed by atoms with Crippen LogP contribution in [-0.4, -0.2) is 28.3 Å². The summed E-state index contributed by atoms with van der Waals surface area (Å²) < 4.78 is 33.8. The maximum atomic E-state index is 12.0. The van der Waals surface area contributed by atoms with Crippen molar-refractivity contribution in [3.63, 3.8) is 0 Å². The van der Waals surface area contributed by atoms with Gasteiger partial charge in [0.25, 0.3) is 10.1 Å². The van der Waals surface area contributed by atoms with Crippen LogP contribution in [0.1, 0.15) is 0 Å². The lowest BCUT2D eigenvalue weighted by atomic mass is 10.1. The zero-order chi connectivity index (χ0) is 36.7. The van der Waals surface area contributed by atoms with Crippen LogP contribution in [0.2, 0.25) is 0 Å². The van der Waals surface area contributed by atoms with Crippen LogP contribution in [0, 0.1) is 0 Å². The predicted octanol–water partition coefficient (Wildman–Crippen LogP) is 11.9. The minimum Gasteiger partial charge on any atom is -0.507 e. The van der Waals surface area contributed by atoms with E-state index in [4.69, 9.17) is 0 Å². The molecule has 0 aliphatic carbocycles. The highest BCUT2D eigenvalue weighted by atomic mass is 32.2. The van der Waals surface area contributed by atoms with Crippen molar-refractivity contribution in [1.82, 2.24) is 0 Å². The Morgan fingerprint density at radius 3 is 1.28 bits per heavy atom. The van der Waals surface area contributed by atoms with Crippen LogP contribution in [0.15, 0.2) is 169 Å². The third-order valence-electron chi connectivity index (χ3n) is 8.75. The molecule has 0 bridgehead atoms. The maximum absolute atomic E-state index is 12.0. The molecule has 0 atom stereocenters. The molecule has 8 aromatic carbocycles. The van der Waals surface area contributed by atoms with Gasteiger partial charge < -0.3 is 15.3 Å². The third-order valence-corrected chi connectivity index (χ3v) is 9.61. The van der Waals surface area contributed by atoms with Crippen LogP contribution in [0.5, 0.6) is 17.2 Å². The molecule has 53 heavy (non-hydrogen) atoms. The van der Waals surface area contributed by atoms with Gasteiger partial charge in [-0.05, 0) is 53.9 Å². The van der Waals surface area contributed by atoms with Crippen LogP contribution < -0.4 is 0 Å². The molecule has 8 rings (SSSR count). The number of rotatable bonds is 7. The van der Waals surface area contributed by atoms with Gasteiger partial charge in [-0.25, -0.2) is 0 Å². The summed E-state index contributed by atoms with van der Waals surface area (Å²) in [4.78, 5) is -0.765. The van der Waals surface area contributed by atoms with E-state index in [1.54, 1.807) is 30.3 Å². The Balaban J connectivity index is 1.15. The Bertz CT molecular complexity index is 2980. The first-order valence-corrected chi connectivity index (χ1v) is 17.6. The Kier molecular flexibility index (Phi) is 8.25. The van der Waals surface area contributed by atoms with Gasteiger partial charge in [-0.1, -0.05) is 84.9 Å². The molecule has 0 aliphatic heterocycles. The van der Waals surface area contributed by atoms with E-state index in [2.05, 4.69) is 30.7 Å². The molecule has 0 spiro atoms. The number of hydrogen-bond acceptors (Lipinski definition) is 11. The predicted molar refractivity (Wildman–Crippen MR) is 203 cm³/mol. The van der Waals surface area contributed by atoms with E-state index < -0.39 is 20.8 Å². The number of aromatic hydroxyl groups is 3. The topological polar surface area (TPSA) is 189 Å². The van der Waals surface area contributed by atoms with Crippen LogP contribution in [0.4, 0.5) is 34.1 Å². The highest BCUT2D eigenvalue weighted by Gasteiger charge is 2.22. The molecule has 13 heteroatoms. The van der Waals surface area contributed by atoms with Crippen LogP contribution in [0.25, 0.3) is 43.1 Å². The van der Waals surface area contributed by atoms with Gasteiger partial charge in [0.2, 0.25) is 0 Å². The highest BCUT2D eigenvalue weighted by molar-refractivity contribution is 7.86. The van der Waals surface area contributed by atoms with Gasteiger partial charge in [-0.15, -0.1) is 30.7 Å². The monoisotopic (exact) mass is 718 g/mol. The van der Waals surface area contributed by atoms with Crippen LogP contribution in [0.3, 0.4) is 0 Å². The van der Waals surface area contributed by atoms with Gasteiger partial charge in [0.15, 0.2) is 0 Å². The molecule has 12 nitrogen and oxygen atoms in total. The van der Waals surface area contributed by atoms with Crippen molar-refractivity contribution in [3.8, 4) is 17.2 Å². The fraction of sp³-hybridized carbons (Fsp3) is 0. The van der Waals surface area contributed by atoms with Gasteiger partial charge in [0.1, 0.15) is 22.1 Å². The van der Waals surface area contributed by atoms with Crippen LogP contribution >= 0.6 is 0 Å². The molecule has 258 valence electrons. The zero-order valence-corrected chi connectivity index (χ0v) is 28.2. The first-order chi connectivity index (χ1) is 25.7. The van der Waals surface area contributed by atoms with Crippen LogP contribution in [-0.2, 0) is 10.1 Å². The second kappa shape index (κ2) is 13.2. The van der Waals surface area contributed by atoms with E-state index in [-0.39, 0.29) is 28.0 Å². The van der Waals surface area contributed by atoms with Crippen molar-refractivity contribution >= 4 is 87.3 Å². The number of phenolic OH excluding ortho intramolecular Hbond substituents is 3. The fourth-order valence-corrected chi connectivity index (χ4v) is 6.89. The number of benzene rings is 8. The second-order valence-corrected chi connectivity index (χ2v) is 13.4. The summed E-state index contributed by atoms with van der Waals surface area (Å²) in [6.45, 7) is 0. The van der Waals surface area contributed by atoms with Gasteiger partial charge in [0, 0.05) is 26.9 Å². The first kappa shape index (κ1) is 33.1. The summed E-state index contributed by atoms with van der Waals surface area (Å²) in [6, 6.07) is 38.0. The number of phenols is 3. The molecule has 0 aromatic heterocycles. The number of nitrogens with zero attached hydrogens (tertiary/aromatic N) is 6. The quantitative estimate of drug-likeness (QED) is 0.0936. The molecule has 0 amide bonds. The maximum Gasteiger partial charge on any atom is 0.298 e. The molecular formula is C40H26N6O6S. The van der Waals surface area contributed by atoms with Gasteiger partial charge in [0.05, 0.1) is 44.9 Å². The minimum absolute atomic E-state index is 0.0246. The van der Waals surface area contributed by atoms with Crippen molar-refractivity contribution < 1.29 is 28.3 Å². The third kappa shape index (κ3) is 6.15. The van der Waals surface area contributed by atoms with E-state index >= 15 is 0 Å². The average molecular weight is 719 g/mol. The van der Waals surface area contributed by atoms with Gasteiger partial charge in [-0.2, -0.15) is 8.42 Å². The zero-order valence-electron chi connectivity index (χ0n) is 27.4. The molecular weight excluding hydrogens is 693 g/mol. The molecule has 8 aromatic rings. The van der Waals surface area contributed by atoms with E-state index in [0.717, 1.165) is 22.2 Å². The molecule has 4 N–H and O–H groups in total. The van der Waals surface area contributed by atoms with Crippen molar-refractivity contribution in [3.05, 3.63) is 133 Å². The molecule has 0 aliphatic rings. The molecule has 0 unspecified atom stereocenters. The molecule has 0 saturated heterocycles. The number of azo groups is 3. The minimum atomic E-state index is -4.83. The SMILES string of the molecule is O=S(=O)(O)c1cc(N=Nc2ccc(N=Nc3ccc(N=Nc4cccc5cccc(O)c45)c4ccccc34)c3ccccc23)c2c(O)cccc2c1O. The number of fused-ring (bicyclic) bond motifs is 4. The Hall–Kier alpha value is -7.09. The van der Waals surface area contributed by atoms with Crippen molar-refractivity contribution in [2.45, 2.75) is 4.90 Å². The lowest BCUT2D eigenvalue weighted by molar-refractivity contribution is 0.447. The lowest BCUT2D eigenvalue weighted by Crippen LogP contribution is -1.99. The molecule has 0 radical (unpaired) electrons. The van der Waals surface area contributed by atoms with Crippen molar-refractivity contribution in [1.29, 1.82) is 0 Å². The standard InChI is InChI=1S/C40H26N6O6S/c47-35-16-6-9-23-8-5-15-33(38(23)35)45-43-31-20-18-29(24-10-1-3-12-26(24)31)41-42-30-19-21-32(27-13-4-2-11-25(27)30)44-46-34-22-37(53(50,51)52)40(49)28-14-7-17-36(48)39(28)34/h1-22,47-49H,(H,50,51,52). The summed E-state index contributed by atoms with van der Waals surface area (Å²) in [5, 5.41) is 62.9. The smallest absolute Gasteiger partial charge is 0.298 e. The molecule has 0 heterocycles. The van der Waals surface area contributed by atoms with E-state index in [1.165, 1.54) is 18.2 Å². The fourth-order valence-electron chi connectivity index (χ4n) is 6.27. The van der Waals surface area contributed by atoms with Crippen molar-refractivity contribution in [2.75, 3.05) is 0 Å². The normalized spacial score (nSPS) is 12.4. The average Bonchev–Trinajstić information content (AvgIpc) is 3.16. The van der Waals surface area contributed by atoms with Crippen molar-refractivity contribution in [2.24, 2.45) is 30.7 Å². The van der Waals surface area contributed by atoms with Gasteiger partial charge in [-0.3, -0.25) is 4.55 Å². The number of hydrogen-bond donors (Lipinski definition) is 4. The highest BCUT2D eigenvalue weighted by Crippen LogP contribution is 2.44. The summed E-state index contributed by atoms with van der Waals surface area (Å²) >= 11 is 0. The summed E-state index contributed by atoms with van der Waals surface area (Å²) in [5.74, 6) is -0.851.